The SMILES string of the molecule is C1=CCN=C1.CC(C)C. The molecule has 0 bridgehead atoms. The predicted molar refractivity (Wildman–Crippen MR) is 43.0 cm³/mol. The highest BCUT2D eigenvalue weighted by Crippen LogP contribution is 1.81. The maximum Gasteiger partial charge on any atom is 0.0573 e. The molecule has 0 radical (unpaired) electrons. The molecule has 0 saturated carbocycles. The Bertz CT molecular complexity index is 88.4. The van der Waals surface area contributed by atoms with Crippen LogP contribution in [0, 0.1) is 5.92 Å². The van der Waals surface area contributed by atoms with Gasteiger partial charge in [-0.05, 0) is 12.0 Å². The van der Waals surface area contributed by atoms with Crippen LogP contribution in [-0.2, 0) is 0 Å². The van der Waals surface area contributed by atoms with E-state index < -0.39 is 0 Å². The van der Waals surface area contributed by atoms with E-state index in [9.17, 15) is 0 Å². The van der Waals surface area contributed by atoms with Crippen LogP contribution >= 0.6 is 0 Å². The van der Waals surface area contributed by atoms with E-state index in [1.54, 1.807) is 6.21 Å². The van der Waals surface area contributed by atoms with Crippen LogP contribution < -0.4 is 0 Å². The van der Waals surface area contributed by atoms with Crippen LogP contribution in [0.4, 0.5) is 0 Å². The molecule has 0 aromatic carbocycles. The van der Waals surface area contributed by atoms with Gasteiger partial charge in [0.25, 0.3) is 0 Å². The van der Waals surface area contributed by atoms with Gasteiger partial charge in [0, 0.05) is 6.21 Å². The van der Waals surface area contributed by atoms with Gasteiger partial charge < -0.3 is 0 Å². The van der Waals surface area contributed by atoms with Crippen LogP contribution in [0.5, 0.6) is 0 Å². The Hall–Kier alpha value is -0.590. The summed E-state index contributed by atoms with van der Waals surface area (Å²) in [5.41, 5.74) is 0. The van der Waals surface area contributed by atoms with Crippen LogP contribution in [-0.4, -0.2) is 12.8 Å². The van der Waals surface area contributed by atoms with Gasteiger partial charge in [0.2, 0.25) is 0 Å². The van der Waals surface area contributed by atoms with Crippen molar-refractivity contribution in [3.63, 3.8) is 0 Å². The van der Waals surface area contributed by atoms with E-state index in [0.717, 1.165) is 12.5 Å². The van der Waals surface area contributed by atoms with Gasteiger partial charge in [0.15, 0.2) is 0 Å². The summed E-state index contributed by atoms with van der Waals surface area (Å²) < 4.78 is 0. The number of aliphatic imine (C=N–C) groups is 1. The first-order chi connectivity index (χ1) is 4.23. The molecule has 0 saturated heterocycles. The lowest BCUT2D eigenvalue weighted by molar-refractivity contribution is 0.737. The molecular formula is C8H15N. The van der Waals surface area contributed by atoms with Crippen LogP contribution in [0.2, 0.25) is 0 Å². The van der Waals surface area contributed by atoms with Crippen molar-refractivity contribution in [1.29, 1.82) is 0 Å². The first-order valence-corrected chi connectivity index (χ1v) is 3.38. The zero-order valence-electron chi connectivity index (χ0n) is 6.46. The average Bonchev–Trinajstić information content (AvgIpc) is 2.11. The van der Waals surface area contributed by atoms with Crippen LogP contribution in [0.25, 0.3) is 0 Å². The molecule has 0 N–H and O–H groups in total. The summed E-state index contributed by atoms with van der Waals surface area (Å²) in [5.74, 6) is 0.833. The third kappa shape index (κ3) is 11.2. The number of nitrogens with zero attached hydrogens (tertiary/aromatic N) is 1. The molecule has 9 heavy (non-hydrogen) atoms. The minimum atomic E-state index is 0.833. The molecule has 1 aliphatic heterocycles. The second-order valence-corrected chi connectivity index (χ2v) is 2.67. The van der Waals surface area contributed by atoms with Crippen molar-refractivity contribution in [3.05, 3.63) is 12.2 Å². The highest BCUT2D eigenvalue weighted by molar-refractivity contribution is 5.73. The number of allylic oxidation sites excluding steroid dienone is 1. The molecule has 52 valence electrons. The highest BCUT2D eigenvalue weighted by Gasteiger charge is 1.72. The second-order valence-electron chi connectivity index (χ2n) is 2.67. The van der Waals surface area contributed by atoms with Crippen LogP contribution in [0.1, 0.15) is 20.8 Å². The molecule has 0 aliphatic carbocycles. The zero-order chi connectivity index (χ0) is 7.11. The zero-order valence-corrected chi connectivity index (χ0v) is 6.46. The monoisotopic (exact) mass is 125 g/mol. The molecule has 1 rings (SSSR count). The van der Waals surface area contributed by atoms with Crippen molar-refractivity contribution >= 4 is 6.21 Å². The van der Waals surface area contributed by atoms with E-state index in [2.05, 4.69) is 25.8 Å². The summed E-state index contributed by atoms with van der Waals surface area (Å²) in [4.78, 5) is 3.85. The minimum absolute atomic E-state index is 0.833. The summed E-state index contributed by atoms with van der Waals surface area (Å²) in [5, 5.41) is 0. The molecule has 1 heteroatoms. The third-order valence-corrected chi connectivity index (χ3v) is 0.538. The van der Waals surface area contributed by atoms with Crippen LogP contribution in [0.3, 0.4) is 0 Å². The topological polar surface area (TPSA) is 12.4 Å². The predicted octanol–water partition coefficient (Wildman–Crippen LogP) is 2.29. The van der Waals surface area contributed by atoms with Crippen molar-refractivity contribution in [2.75, 3.05) is 6.54 Å². The van der Waals surface area contributed by atoms with Gasteiger partial charge in [-0.2, -0.15) is 0 Å². The molecule has 0 spiro atoms. The highest BCUT2D eigenvalue weighted by atomic mass is 14.7. The second kappa shape index (κ2) is 5.54. The fourth-order valence-corrected chi connectivity index (χ4v) is 0.304. The molecule has 1 heterocycles. The van der Waals surface area contributed by atoms with Crippen molar-refractivity contribution < 1.29 is 0 Å². The van der Waals surface area contributed by atoms with Gasteiger partial charge in [0.05, 0.1) is 6.54 Å². The van der Waals surface area contributed by atoms with E-state index in [1.807, 2.05) is 12.2 Å². The third-order valence-electron chi connectivity index (χ3n) is 0.538. The molecule has 1 aliphatic rings. The first-order valence-electron chi connectivity index (χ1n) is 3.38. The molecule has 0 unspecified atom stereocenters. The molecular weight excluding hydrogens is 110 g/mol. The standard InChI is InChI=1S/C4H5N.C4H10/c1-2-4-5-3-1;1-4(2)3/h1-3H,4H2;4H,1-3H3. The summed E-state index contributed by atoms with van der Waals surface area (Å²) in [6.45, 7) is 7.39. The summed E-state index contributed by atoms with van der Waals surface area (Å²) in [6, 6.07) is 0. The van der Waals surface area contributed by atoms with E-state index in [-0.39, 0.29) is 0 Å². The van der Waals surface area contributed by atoms with Crippen molar-refractivity contribution in [1.82, 2.24) is 0 Å². The van der Waals surface area contributed by atoms with Gasteiger partial charge in [-0.15, -0.1) is 0 Å². The van der Waals surface area contributed by atoms with Gasteiger partial charge in [-0.1, -0.05) is 26.8 Å². The molecule has 1 nitrogen and oxygen atoms in total. The van der Waals surface area contributed by atoms with E-state index in [0.29, 0.717) is 0 Å². The number of hydrogen-bond donors (Lipinski definition) is 0. The lowest BCUT2D eigenvalue weighted by Crippen LogP contribution is -1.66. The first kappa shape index (κ1) is 8.41. The average molecular weight is 125 g/mol. The quantitative estimate of drug-likeness (QED) is 0.471. The molecule has 0 atom stereocenters. The Kier molecular flexibility index (Phi) is 5.18. The fourth-order valence-electron chi connectivity index (χ4n) is 0.304. The summed E-state index contributed by atoms with van der Waals surface area (Å²) in [6.07, 6.45) is 5.76. The Morgan fingerprint density at radius 2 is 1.89 bits per heavy atom. The minimum Gasteiger partial charge on any atom is -0.289 e. The summed E-state index contributed by atoms with van der Waals surface area (Å²) in [7, 11) is 0. The Labute approximate surface area is 57.5 Å². The largest absolute Gasteiger partial charge is 0.289 e. The Morgan fingerprint density at radius 3 is 2.00 bits per heavy atom. The Balaban J connectivity index is 0.000000148. The lowest BCUT2D eigenvalue weighted by Gasteiger charge is -1.79. The molecule has 0 amide bonds. The van der Waals surface area contributed by atoms with E-state index in [4.69, 9.17) is 0 Å². The van der Waals surface area contributed by atoms with Crippen LogP contribution in [0.15, 0.2) is 17.1 Å². The number of rotatable bonds is 0. The van der Waals surface area contributed by atoms with Gasteiger partial charge in [-0.25, -0.2) is 0 Å². The fraction of sp³-hybridized carbons (Fsp3) is 0.625. The van der Waals surface area contributed by atoms with Crippen molar-refractivity contribution in [2.45, 2.75) is 20.8 Å². The maximum atomic E-state index is 3.85. The summed E-state index contributed by atoms with van der Waals surface area (Å²) >= 11 is 0. The molecule has 0 aromatic heterocycles. The normalized spacial score (nSPS) is 13.8. The molecule has 0 fully saturated rings. The van der Waals surface area contributed by atoms with Crippen molar-refractivity contribution in [2.24, 2.45) is 10.9 Å². The Morgan fingerprint density at radius 1 is 1.33 bits per heavy atom. The van der Waals surface area contributed by atoms with E-state index in [1.165, 1.54) is 0 Å². The smallest absolute Gasteiger partial charge is 0.0573 e. The van der Waals surface area contributed by atoms with Gasteiger partial charge in [0.1, 0.15) is 0 Å². The van der Waals surface area contributed by atoms with Crippen molar-refractivity contribution in [3.8, 4) is 0 Å². The maximum absolute atomic E-state index is 3.85. The lowest BCUT2D eigenvalue weighted by atomic mass is 10.3. The van der Waals surface area contributed by atoms with E-state index >= 15 is 0 Å². The van der Waals surface area contributed by atoms with Gasteiger partial charge >= 0.3 is 0 Å². The molecule has 0 aromatic rings. The number of hydrogen-bond acceptors (Lipinski definition) is 1. The van der Waals surface area contributed by atoms with Gasteiger partial charge in [-0.3, -0.25) is 4.99 Å².